The van der Waals surface area contributed by atoms with Crippen LogP contribution in [0.5, 0.6) is 0 Å². The molecule has 5 nitrogen and oxygen atoms in total. The molecule has 0 bridgehead atoms. The van der Waals surface area contributed by atoms with Gasteiger partial charge in [0.1, 0.15) is 11.5 Å². The van der Waals surface area contributed by atoms with Crippen molar-refractivity contribution in [3.63, 3.8) is 0 Å². The van der Waals surface area contributed by atoms with Gasteiger partial charge in [0, 0.05) is 19.5 Å². The van der Waals surface area contributed by atoms with Crippen LogP contribution < -0.4 is 10.6 Å². The van der Waals surface area contributed by atoms with E-state index in [1.54, 1.807) is 10.9 Å². The van der Waals surface area contributed by atoms with Crippen LogP contribution in [0, 0.1) is 5.92 Å². The molecular formula is C10H16N4O. The molecule has 1 atom stereocenters. The number of amides is 1. The molecule has 1 unspecified atom stereocenters. The Morgan fingerprint density at radius 2 is 2.33 bits per heavy atom. The first-order chi connectivity index (χ1) is 7.08. The van der Waals surface area contributed by atoms with Crippen LogP contribution in [-0.2, 0) is 11.8 Å². The van der Waals surface area contributed by atoms with E-state index >= 15 is 0 Å². The molecule has 0 radical (unpaired) electrons. The van der Waals surface area contributed by atoms with Crippen molar-refractivity contribution in [2.75, 3.05) is 10.6 Å². The third-order valence-corrected chi connectivity index (χ3v) is 2.75. The Kier molecular flexibility index (Phi) is 2.38. The minimum Gasteiger partial charge on any atom is -0.365 e. The predicted molar refractivity (Wildman–Crippen MR) is 58.7 cm³/mol. The standard InChI is InChI=1S/C10H16N4O/c1-6(2)7-4-9(15)12-8-5-11-14(3)10(8)13-7/h5-7,13H,4H2,1-3H3,(H,12,15). The maximum Gasteiger partial charge on any atom is 0.226 e. The Balaban J connectivity index is 2.33. The van der Waals surface area contributed by atoms with Crippen LogP contribution >= 0.6 is 0 Å². The second-order valence-electron chi connectivity index (χ2n) is 4.28. The lowest BCUT2D eigenvalue weighted by atomic mass is 10.0. The number of hydrogen-bond donors (Lipinski definition) is 2. The molecule has 0 saturated heterocycles. The van der Waals surface area contributed by atoms with Crippen molar-refractivity contribution in [1.82, 2.24) is 9.78 Å². The van der Waals surface area contributed by atoms with Crippen molar-refractivity contribution < 1.29 is 4.79 Å². The second kappa shape index (κ2) is 3.56. The van der Waals surface area contributed by atoms with E-state index in [-0.39, 0.29) is 11.9 Å². The molecule has 1 aliphatic heterocycles. The summed E-state index contributed by atoms with van der Waals surface area (Å²) in [6.07, 6.45) is 2.18. The van der Waals surface area contributed by atoms with E-state index in [2.05, 4.69) is 29.6 Å². The van der Waals surface area contributed by atoms with Crippen LogP contribution in [0.3, 0.4) is 0 Å². The molecule has 2 rings (SSSR count). The molecule has 2 N–H and O–H groups in total. The van der Waals surface area contributed by atoms with Gasteiger partial charge >= 0.3 is 0 Å². The lowest BCUT2D eigenvalue weighted by Crippen LogP contribution is -2.28. The normalized spacial score (nSPS) is 20.5. The fourth-order valence-corrected chi connectivity index (χ4v) is 1.73. The largest absolute Gasteiger partial charge is 0.365 e. The van der Waals surface area contributed by atoms with Crippen LogP contribution in [0.15, 0.2) is 6.20 Å². The molecule has 0 fully saturated rings. The highest BCUT2D eigenvalue weighted by molar-refractivity contribution is 5.95. The average molecular weight is 208 g/mol. The highest BCUT2D eigenvalue weighted by Gasteiger charge is 2.24. The minimum atomic E-state index is 0.0490. The molecule has 0 spiro atoms. The van der Waals surface area contributed by atoms with E-state index < -0.39 is 0 Å². The summed E-state index contributed by atoms with van der Waals surface area (Å²) in [5.41, 5.74) is 0.769. The molecule has 0 aliphatic carbocycles. The molecule has 82 valence electrons. The predicted octanol–water partition coefficient (Wildman–Crippen LogP) is 1.20. The Morgan fingerprint density at radius 3 is 3.00 bits per heavy atom. The van der Waals surface area contributed by atoms with Crippen LogP contribution in [0.4, 0.5) is 11.5 Å². The summed E-state index contributed by atoms with van der Waals surface area (Å²) >= 11 is 0. The van der Waals surface area contributed by atoms with Crippen LogP contribution in [0.25, 0.3) is 0 Å². The van der Waals surface area contributed by atoms with Crippen molar-refractivity contribution in [2.45, 2.75) is 26.3 Å². The fraction of sp³-hybridized carbons (Fsp3) is 0.600. The summed E-state index contributed by atoms with van der Waals surface area (Å²) in [5, 5.41) is 10.3. The SMILES string of the molecule is CC(C)C1CC(=O)Nc2cnn(C)c2N1. The fourth-order valence-electron chi connectivity index (χ4n) is 1.73. The highest BCUT2D eigenvalue weighted by atomic mass is 16.1. The summed E-state index contributed by atoms with van der Waals surface area (Å²) in [4.78, 5) is 11.6. The van der Waals surface area contributed by atoms with E-state index in [1.165, 1.54) is 0 Å². The number of aryl methyl sites for hydroxylation is 1. The van der Waals surface area contributed by atoms with Gasteiger partial charge in [-0.1, -0.05) is 13.8 Å². The zero-order valence-electron chi connectivity index (χ0n) is 9.24. The molecule has 1 aliphatic rings. The summed E-state index contributed by atoms with van der Waals surface area (Å²) in [6, 6.07) is 0.168. The third-order valence-electron chi connectivity index (χ3n) is 2.75. The number of fused-ring (bicyclic) bond motifs is 1. The zero-order chi connectivity index (χ0) is 11.0. The number of carbonyl (C=O) groups excluding carboxylic acids is 1. The van der Waals surface area contributed by atoms with Gasteiger partial charge in [0.2, 0.25) is 5.91 Å². The zero-order valence-corrected chi connectivity index (χ0v) is 9.24. The van der Waals surface area contributed by atoms with Gasteiger partial charge in [0.15, 0.2) is 0 Å². The summed E-state index contributed by atoms with van der Waals surface area (Å²) < 4.78 is 1.75. The van der Waals surface area contributed by atoms with Gasteiger partial charge in [0.25, 0.3) is 0 Å². The van der Waals surface area contributed by atoms with E-state index in [0.717, 1.165) is 11.5 Å². The Hall–Kier alpha value is -1.52. The molecule has 2 heterocycles. The Bertz CT molecular complexity index is 383. The Labute approximate surface area is 88.8 Å². The molecule has 0 saturated carbocycles. The average Bonchev–Trinajstić information content (AvgIpc) is 2.42. The van der Waals surface area contributed by atoms with Crippen molar-refractivity contribution in [1.29, 1.82) is 0 Å². The number of hydrogen-bond acceptors (Lipinski definition) is 3. The van der Waals surface area contributed by atoms with Crippen LogP contribution in [0.1, 0.15) is 20.3 Å². The van der Waals surface area contributed by atoms with Crippen molar-refractivity contribution in [2.24, 2.45) is 13.0 Å². The molecular weight excluding hydrogens is 192 g/mol. The third kappa shape index (κ3) is 1.82. The van der Waals surface area contributed by atoms with Gasteiger partial charge in [0.05, 0.1) is 6.20 Å². The number of rotatable bonds is 1. The maximum absolute atomic E-state index is 11.6. The van der Waals surface area contributed by atoms with Crippen molar-refractivity contribution >= 4 is 17.4 Å². The van der Waals surface area contributed by atoms with Gasteiger partial charge in [-0.15, -0.1) is 0 Å². The monoisotopic (exact) mass is 208 g/mol. The summed E-state index contributed by atoms with van der Waals surface area (Å²) in [5.74, 6) is 1.35. The topological polar surface area (TPSA) is 59.0 Å². The number of carbonyl (C=O) groups is 1. The number of nitrogens with one attached hydrogen (secondary N) is 2. The van der Waals surface area contributed by atoms with Crippen molar-refractivity contribution in [3.8, 4) is 0 Å². The summed E-state index contributed by atoms with van der Waals surface area (Å²) in [7, 11) is 1.86. The lowest BCUT2D eigenvalue weighted by molar-refractivity contribution is -0.116. The molecule has 1 aromatic rings. The number of anilines is 2. The first-order valence-electron chi connectivity index (χ1n) is 5.16. The van der Waals surface area contributed by atoms with Crippen molar-refractivity contribution in [3.05, 3.63) is 6.20 Å². The van der Waals surface area contributed by atoms with E-state index in [1.807, 2.05) is 7.05 Å². The Morgan fingerprint density at radius 1 is 1.60 bits per heavy atom. The first-order valence-corrected chi connectivity index (χ1v) is 5.16. The summed E-state index contributed by atoms with van der Waals surface area (Å²) in [6.45, 7) is 4.21. The van der Waals surface area contributed by atoms with Gasteiger partial charge in [-0.25, -0.2) is 0 Å². The minimum absolute atomic E-state index is 0.0490. The van der Waals surface area contributed by atoms with Crippen LogP contribution in [-0.4, -0.2) is 21.7 Å². The second-order valence-corrected chi connectivity index (χ2v) is 4.28. The van der Waals surface area contributed by atoms with Gasteiger partial charge in [-0.2, -0.15) is 5.10 Å². The van der Waals surface area contributed by atoms with E-state index in [4.69, 9.17) is 0 Å². The van der Waals surface area contributed by atoms with E-state index in [9.17, 15) is 4.79 Å². The van der Waals surface area contributed by atoms with Crippen LogP contribution in [0.2, 0.25) is 0 Å². The molecule has 1 aromatic heterocycles. The highest BCUT2D eigenvalue weighted by Crippen LogP contribution is 2.26. The molecule has 1 amide bonds. The molecule has 5 heteroatoms. The van der Waals surface area contributed by atoms with Gasteiger partial charge in [-0.3, -0.25) is 9.48 Å². The quantitative estimate of drug-likeness (QED) is 0.729. The van der Waals surface area contributed by atoms with Gasteiger partial charge < -0.3 is 10.6 Å². The lowest BCUT2D eigenvalue weighted by Gasteiger charge is -2.20. The smallest absolute Gasteiger partial charge is 0.226 e. The molecule has 15 heavy (non-hydrogen) atoms. The number of nitrogens with zero attached hydrogens (tertiary/aromatic N) is 2. The molecule has 0 aromatic carbocycles. The first kappa shape index (κ1) is 10.0. The van der Waals surface area contributed by atoms with E-state index in [0.29, 0.717) is 12.3 Å². The number of aromatic nitrogens is 2. The van der Waals surface area contributed by atoms with Gasteiger partial charge in [-0.05, 0) is 5.92 Å². The maximum atomic E-state index is 11.6.